The number of carbonyl (C=O) groups excluding carboxylic acids is 1. The molecule has 0 aliphatic rings. The van der Waals surface area contributed by atoms with Crippen molar-refractivity contribution in [3.05, 3.63) is 47.7 Å². The minimum absolute atomic E-state index is 0.315. The minimum Gasteiger partial charge on any atom is -0.360 e. The van der Waals surface area contributed by atoms with Crippen molar-refractivity contribution < 1.29 is 9.32 Å². The lowest BCUT2D eigenvalue weighted by molar-refractivity contribution is -0.117. The number of rotatable bonds is 3. The summed E-state index contributed by atoms with van der Waals surface area (Å²) in [5.41, 5.74) is 6.58. The van der Waals surface area contributed by atoms with Crippen molar-refractivity contribution in [2.45, 2.75) is 13.0 Å². The van der Waals surface area contributed by atoms with Gasteiger partial charge in [-0.3, -0.25) is 4.79 Å². The second-order valence-corrected chi connectivity index (χ2v) is 3.70. The van der Waals surface area contributed by atoms with Gasteiger partial charge in [-0.1, -0.05) is 35.5 Å². The highest BCUT2D eigenvalue weighted by Crippen LogP contribution is 2.13. The molecule has 0 aliphatic heterocycles. The van der Waals surface area contributed by atoms with Crippen LogP contribution >= 0.6 is 0 Å². The van der Waals surface area contributed by atoms with Crippen LogP contribution in [0.5, 0.6) is 0 Å². The number of hydrogen-bond acceptors (Lipinski definition) is 4. The lowest BCUT2D eigenvalue weighted by atomic mass is 10.1. The molecule has 1 atom stereocenters. The Morgan fingerprint density at radius 1 is 1.41 bits per heavy atom. The van der Waals surface area contributed by atoms with Gasteiger partial charge in [-0.2, -0.15) is 0 Å². The molecule has 88 valence electrons. The number of carbonyl (C=O) groups is 1. The fraction of sp³-hybridized carbons (Fsp3) is 0.167. The number of nitrogens with one attached hydrogen (secondary N) is 1. The van der Waals surface area contributed by atoms with Crippen molar-refractivity contribution in [2.75, 3.05) is 5.32 Å². The summed E-state index contributed by atoms with van der Waals surface area (Å²) in [4.78, 5) is 11.8. The topological polar surface area (TPSA) is 81.2 Å². The standard InChI is InChI=1S/C12H13N3O2/c1-8-7-10(15-17-8)14-12(16)11(13)9-5-3-2-4-6-9/h2-7,11H,13H2,1H3,(H,14,15,16)/t11-/m1/s1. The average molecular weight is 231 g/mol. The highest BCUT2D eigenvalue weighted by atomic mass is 16.5. The smallest absolute Gasteiger partial charge is 0.247 e. The van der Waals surface area contributed by atoms with Crippen LogP contribution in [0.15, 0.2) is 40.9 Å². The van der Waals surface area contributed by atoms with E-state index in [1.807, 2.05) is 18.2 Å². The molecule has 5 nitrogen and oxygen atoms in total. The van der Waals surface area contributed by atoms with E-state index in [0.29, 0.717) is 11.6 Å². The van der Waals surface area contributed by atoms with E-state index in [9.17, 15) is 4.79 Å². The molecular weight excluding hydrogens is 218 g/mol. The van der Waals surface area contributed by atoms with Crippen LogP contribution in [0, 0.1) is 6.92 Å². The van der Waals surface area contributed by atoms with Gasteiger partial charge in [0.2, 0.25) is 5.91 Å². The Morgan fingerprint density at radius 3 is 2.71 bits per heavy atom. The van der Waals surface area contributed by atoms with Gasteiger partial charge < -0.3 is 15.6 Å². The summed E-state index contributed by atoms with van der Waals surface area (Å²) in [6, 6.07) is 10.1. The van der Waals surface area contributed by atoms with E-state index < -0.39 is 6.04 Å². The molecule has 0 aliphatic carbocycles. The number of nitrogens with zero attached hydrogens (tertiary/aromatic N) is 1. The van der Waals surface area contributed by atoms with Crippen molar-refractivity contribution in [1.82, 2.24) is 5.16 Å². The first-order valence-corrected chi connectivity index (χ1v) is 5.21. The summed E-state index contributed by atoms with van der Waals surface area (Å²) in [6.45, 7) is 1.75. The van der Waals surface area contributed by atoms with E-state index in [1.54, 1.807) is 25.1 Å². The Labute approximate surface area is 98.6 Å². The van der Waals surface area contributed by atoms with Crippen LogP contribution in [-0.2, 0) is 4.79 Å². The number of nitrogens with two attached hydrogens (primary N) is 1. The number of hydrogen-bond donors (Lipinski definition) is 2. The molecule has 5 heteroatoms. The number of anilines is 1. The molecule has 1 aromatic heterocycles. The zero-order valence-corrected chi connectivity index (χ0v) is 9.38. The minimum atomic E-state index is -0.715. The van der Waals surface area contributed by atoms with Gasteiger partial charge in [0.05, 0.1) is 0 Å². The van der Waals surface area contributed by atoms with E-state index in [-0.39, 0.29) is 5.91 Å². The Morgan fingerprint density at radius 2 is 2.12 bits per heavy atom. The molecule has 0 unspecified atom stereocenters. The highest BCUT2D eigenvalue weighted by molar-refractivity contribution is 5.94. The van der Waals surface area contributed by atoms with Crippen LogP contribution in [0.25, 0.3) is 0 Å². The zero-order valence-electron chi connectivity index (χ0n) is 9.38. The summed E-state index contributed by atoms with van der Waals surface area (Å²) in [5, 5.41) is 6.26. The summed E-state index contributed by atoms with van der Waals surface area (Å²) >= 11 is 0. The molecule has 1 aromatic carbocycles. The molecule has 0 saturated heterocycles. The zero-order chi connectivity index (χ0) is 12.3. The fourth-order valence-electron chi connectivity index (χ4n) is 1.44. The maximum Gasteiger partial charge on any atom is 0.247 e. The van der Waals surface area contributed by atoms with Gasteiger partial charge in [0, 0.05) is 6.07 Å². The lowest BCUT2D eigenvalue weighted by Crippen LogP contribution is -2.27. The van der Waals surface area contributed by atoms with Crippen LogP contribution in [0.3, 0.4) is 0 Å². The van der Waals surface area contributed by atoms with E-state index in [4.69, 9.17) is 10.3 Å². The molecule has 0 spiro atoms. The van der Waals surface area contributed by atoms with E-state index in [1.165, 1.54) is 0 Å². The second kappa shape index (κ2) is 4.80. The summed E-state index contributed by atoms with van der Waals surface area (Å²) in [6.07, 6.45) is 0. The maximum atomic E-state index is 11.8. The quantitative estimate of drug-likeness (QED) is 0.841. The van der Waals surface area contributed by atoms with Gasteiger partial charge in [0.1, 0.15) is 11.8 Å². The third-order valence-electron chi connectivity index (χ3n) is 2.32. The average Bonchev–Trinajstić information content (AvgIpc) is 2.75. The molecule has 0 bridgehead atoms. The van der Waals surface area contributed by atoms with Crippen molar-refractivity contribution in [2.24, 2.45) is 5.73 Å². The third-order valence-corrected chi connectivity index (χ3v) is 2.32. The van der Waals surface area contributed by atoms with Crippen molar-refractivity contribution >= 4 is 11.7 Å². The Bertz CT molecular complexity index is 507. The summed E-state index contributed by atoms with van der Waals surface area (Å²) < 4.78 is 4.85. The second-order valence-electron chi connectivity index (χ2n) is 3.70. The van der Waals surface area contributed by atoms with Crippen molar-refractivity contribution in [3.63, 3.8) is 0 Å². The van der Waals surface area contributed by atoms with E-state index >= 15 is 0 Å². The molecule has 0 fully saturated rings. The van der Waals surface area contributed by atoms with Crippen LogP contribution in [0.2, 0.25) is 0 Å². The predicted molar refractivity (Wildman–Crippen MR) is 63.2 cm³/mol. The molecule has 0 saturated carbocycles. The maximum absolute atomic E-state index is 11.8. The van der Waals surface area contributed by atoms with Crippen LogP contribution < -0.4 is 11.1 Å². The first-order chi connectivity index (χ1) is 8.16. The Kier molecular flexibility index (Phi) is 3.20. The van der Waals surface area contributed by atoms with Gasteiger partial charge in [-0.25, -0.2) is 0 Å². The summed E-state index contributed by atoms with van der Waals surface area (Å²) in [7, 11) is 0. The molecule has 0 radical (unpaired) electrons. The number of aryl methyl sites for hydroxylation is 1. The first-order valence-electron chi connectivity index (χ1n) is 5.21. The molecule has 1 amide bonds. The number of benzene rings is 1. The molecule has 1 heterocycles. The number of amides is 1. The fourth-order valence-corrected chi connectivity index (χ4v) is 1.44. The molecule has 3 N–H and O–H groups in total. The Hall–Kier alpha value is -2.14. The molecular formula is C12H13N3O2. The van der Waals surface area contributed by atoms with Gasteiger partial charge >= 0.3 is 0 Å². The lowest BCUT2D eigenvalue weighted by Gasteiger charge is -2.10. The monoisotopic (exact) mass is 231 g/mol. The Balaban J connectivity index is 2.06. The summed E-state index contributed by atoms with van der Waals surface area (Å²) in [5.74, 6) is 0.692. The van der Waals surface area contributed by atoms with E-state index in [0.717, 1.165) is 5.56 Å². The van der Waals surface area contributed by atoms with E-state index in [2.05, 4.69) is 10.5 Å². The van der Waals surface area contributed by atoms with Crippen molar-refractivity contribution in [3.8, 4) is 0 Å². The molecule has 2 rings (SSSR count). The van der Waals surface area contributed by atoms with Gasteiger partial charge in [-0.15, -0.1) is 0 Å². The third kappa shape index (κ3) is 2.70. The molecule has 2 aromatic rings. The first kappa shape index (κ1) is 11.3. The SMILES string of the molecule is Cc1cc(NC(=O)[C@H](N)c2ccccc2)no1. The van der Waals surface area contributed by atoms with Crippen LogP contribution in [-0.4, -0.2) is 11.1 Å². The normalized spacial score (nSPS) is 12.1. The highest BCUT2D eigenvalue weighted by Gasteiger charge is 2.16. The molecule has 17 heavy (non-hydrogen) atoms. The number of aromatic nitrogens is 1. The van der Waals surface area contributed by atoms with Crippen LogP contribution in [0.1, 0.15) is 17.4 Å². The van der Waals surface area contributed by atoms with Crippen LogP contribution in [0.4, 0.5) is 5.82 Å². The largest absolute Gasteiger partial charge is 0.360 e. The van der Waals surface area contributed by atoms with Gasteiger partial charge in [0.15, 0.2) is 5.82 Å². The van der Waals surface area contributed by atoms with Gasteiger partial charge in [0.25, 0.3) is 0 Å². The predicted octanol–water partition coefficient (Wildman–Crippen LogP) is 1.62. The van der Waals surface area contributed by atoms with Gasteiger partial charge in [-0.05, 0) is 12.5 Å². The van der Waals surface area contributed by atoms with Crippen molar-refractivity contribution in [1.29, 1.82) is 0 Å².